The first-order chi connectivity index (χ1) is 16.1. The lowest BCUT2D eigenvalue weighted by atomic mass is 10.0. The highest BCUT2D eigenvalue weighted by Crippen LogP contribution is 2.12. The van der Waals surface area contributed by atoms with Gasteiger partial charge in [-0.2, -0.15) is 4.99 Å². The Hall–Kier alpha value is -4.22. The fourth-order valence-corrected chi connectivity index (χ4v) is 3.16. The molecule has 0 saturated heterocycles. The molecule has 2 atom stereocenters. The molecule has 0 spiro atoms. The van der Waals surface area contributed by atoms with E-state index in [-0.39, 0.29) is 48.4 Å². The van der Waals surface area contributed by atoms with Gasteiger partial charge in [-0.05, 0) is 30.7 Å². The van der Waals surface area contributed by atoms with Crippen molar-refractivity contribution in [3.8, 4) is 0 Å². The van der Waals surface area contributed by atoms with Gasteiger partial charge >= 0.3 is 5.97 Å². The summed E-state index contributed by atoms with van der Waals surface area (Å²) in [6.45, 7) is 3.74. The van der Waals surface area contributed by atoms with E-state index in [2.05, 4.69) is 30.9 Å². The van der Waals surface area contributed by atoms with Crippen LogP contribution in [0.15, 0.2) is 39.2 Å². The molecule has 178 valence electrons. The molecule has 12 heteroatoms. The number of ketones is 1. The molecule has 0 fully saturated rings. The number of carbonyl (C=O) groups excluding carboxylic acids is 3. The third-order valence-corrected chi connectivity index (χ3v) is 5.15. The van der Waals surface area contributed by atoms with Crippen molar-refractivity contribution in [2.24, 2.45) is 20.9 Å². The molecular formula is C22H25N7O5. The van der Waals surface area contributed by atoms with Crippen LogP contribution in [0.5, 0.6) is 0 Å². The average molecular weight is 467 g/mol. The third-order valence-electron chi connectivity index (χ3n) is 5.15. The number of carboxylic acid groups (broad SMARTS) is 1. The standard InChI is InChI=1S/C22H25N7O5/c1-11(2)16(30)8-7-15(21(33)34)27-19(31)12-3-5-13(6-4-12)24-9-14-10-25-18-17(26-14)20(32)29-22(23)28-18/h3-6,10-11,15,17,24H,7-9H2,1-2H3,(H,27,31)(H,33,34)(H2,23,29,32)/t15-,17?/m1/s1. The first-order valence-electron chi connectivity index (χ1n) is 10.6. The fourth-order valence-electron chi connectivity index (χ4n) is 3.16. The minimum Gasteiger partial charge on any atom is -0.480 e. The van der Waals surface area contributed by atoms with Gasteiger partial charge in [-0.1, -0.05) is 13.8 Å². The van der Waals surface area contributed by atoms with E-state index in [1.54, 1.807) is 26.0 Å². The van der Waals surface area contributed by atoms with Crippen molar-refractivity contribution in [3.63, 3.8) is 0 Å². The number of guanidine groups is 1. The molecule has 2 aliphatic rings. The van der Waals surface area contributed by atoms with Gasteiger partial charge in [0.1, 0.15) is 11.8 Å². The number of anilines is 1. The number of aliphatic carboxylic acids is 1. The van der Waals surface area contributed by atoms with E-state index in [9.17, 15) is 24.3 Å². The minimum atomic E-state index is -1.20. The number of carbonyl (C=O) groups is 4. The Kier molecular flexibility index (Phi) is 7.61. The van der Waals surface area contributed by atoms with E-state index < -0.39 is 29.9 Å². The number of nitrogens with zero attached hydrogens (tertiary/aromatic N) is 3. The molecule has 0 radical (unpaired) electrons. The van der Waals surface area contributed by atoms with Crippen LogP contribution in [0.25, 0.3) is 0 Å². The summed E-state index contributed by atoms with van der Waals surface area (Å²) in [5.74, 6) is -2.58. The number of amidine groups is 1. The quantitative estimate of drug-likeness (QED) is 0.336. The number of benzene rings is 1. The Balaban J connectivity index is 1.55. The van der Waals surface area contributed by atoms with Crippen LogP contribution in [0.2, 0.25) is 0 Å². The first-order valence-corrected chi connectivity index (χ1v) is 10.6. The van der Waals surface area contributed by atoms with Crippen LogP contribution in [0.1, 0.15) is 37.0 Å². The molecule has 2 aliphatic heterocycles. The molecular weight excluding hydrogens is 442 g/mol. The summed E-state index contributed by atoms with van der Waals surface area (Å²) in [4.78, 5) is 59.9. The predicted octanol–water partition coefficient (Wildman–Crippen LogP) is 0.644. The molecule has 1 aromatic rings. The highest BCUT2D eigenvalue weighted by atomic mass is 16.4. The van der Waals surface area contributed by atoms with Gasteiger partial charge in [0, 0.05) is 23.6 Å². The SMILES string of the molecule is CC(C)C(=O)CC[C@@H](NC(=O)c1ccc(NCC2=NC3C(=O)NC(=N)N=C3N=C2)cc1)C(=O)O. The highest BCUT2D eigenvalue weighted by Gasteiger charge is 2.31. The largest absolute Gasteiger partial charge is 0.480 e. The molecule has 34 heavy (non-hydrogen) atoms. The van der Waals surface area contributed by atoms with Crippen molar-refractivity contribution in [2.45, 2.75) is 38.8 Å². The zero-order chi connectivity index (χ0) is 24.8. The molecule has 0 saturated carbocycles. The Morgan fingerprint density at radius 1 is 1.21 bits per heavy atom. The second-order valence-electron chi connectivity index (χ2n) is 8.04. The maximum atomic E-state index is 12.5. The van der Waals surface area contributed by atoms with Crippen LogP contribution >= 0.6 is 0 Å². The van der Waals surface area contributed by atoms with Crippen LogP contribution in [0.3, 0.4) is 0 Å². The fraction of sp³-hybridized carbons (Fsp3) is 0.364. The molecule has 0 aromatic heterocycles. The van der Waals surface area contributed by atoms with Crippen LogP contribution in [-0.4, -0.2) is 71.0 Å². The van der Waals surface area contributed by atoms with Gasteiger partial charge in [0.15, 0.2) is 11.9 Å². The zero-order valence-corrected chi connectivity index (χ0v) is 18.7. The summed E-state index contributed by atoms with van der Waals surface area (Å²) in [7, 11) is 0. The van der Waals surface area contributed by atoms with Crippen molar-refractivity contribution in [1.82, 2.24) is 10.6 Å². The van der Waals surface area contributed by atoms with Crippen LogP contribution in [0, 0.1) is 11.3 Å². The molecule has 3 rings (SSSR count). The Bertz CT molecular complexity index is 1110. The number of rotatable bonds is 10. The van der Waals surface area contributed by atoms with Gasteiger partial charge in [-0.25, -0.2) is 9.79 Å². The Morgan fingerprint density at radius 3 is 2.56 bits per heavy atom. The molecule has 2 amide bonds. The molecule has 0 aliphatic carbocycles. The second kappa shape index (κ2) is 10.6. The van der Waals surface area contributed by atoms with Crippen molar-refractivity contribution in [3.05, 3.63) is 29.8 Å². The summed E-state index contributed by atoms with van der Waals surface area (Å²) in [5, 5.41) is 24.6. The molecule has 1 unspecified atom stereocenters. The van der Waals surface area contributed by atoms with Gasteiger partial charge in [0.05, 0.1) is 18.5 Å². The monoisotopic (exact) mass is 467 g/mol. The van der Waals surface area contributed by atoms with Gasteiger partial charge in [0.2, 0.25) is 5.96 Å². The number of amides is 2. The number of carboxylic acids is 1. The van der Waals surface area contributed by atoms with Gasteiger partial charge in [-0.15, -0.1) is 0 Å². The molecule has 0 bridgehead atoms. The average Bonchev–Trinajstić information content (AvgIpc) is 2.80. The van der Waals surface area contributed by atoms with Gasteiger partial charge in [0.25, 0.3) is 11.8 Å². The minimum absolute atomic E-state index is 0.0218. The topological polar surface area (TPSA) is 186 Å². The van der Waals surface area contributed by atoms with E-state index in [1.807, 2.05) is 0 Å². The maximum Gasteiger partial charge on any atom is 0.326 e. The first kappa shape index (κ1) is 24.4. The molecule has 5 N–H and O–H groups in total. The highest BCUT2D eigenvalue weighted by molar-refractivity contribution is 6.38. The number of hydrogen-bond donors (Lipinski definition) is 5. The van der Waals surface area contributed by atoms with Crippen molar-refractivity contribution >= 4 is 53.0 Å². The van der Waals surface area contributed by atoms with Crippen molar-refractivity contribution in [1.29, 1.82) is 5.41 Å². The smallest absolute Gasteiger partial charge is 0.326 e. The zero-order valence-electron chi connectivity index (χ0n) is 18.7. The Labute approximate surface area is 195 Å². The van der Waals surface area contributed by atoms with E-state index in [0.717, 1.165) is 0 Å². The lowest BCUT2D eigenvalue weighted by Crippen LogP contribution is -2.47. The number of Topliss-reactive ketones (excluding diaryl/α,β-unsaturated/α-hetero) is 1. The second-order valence-corrected chi connectivity index (χ2v) is 8.04. The van der Waals surface area contributed by atoms with Crippen molar-refractivity contribution in [2.75, 3.05) is 11.9 Å². The van der Waals surface area contributed by atoms with Crippen LogP contribution < -0.4 is 16.0 Å². The lowest BCUT2D eigenvalue weighted by molar-refractivity contribution is -0.139. The normalized spacial score (nSPS) is 17.8. The summed E-state index contributed by atoms with van der Waals surface area (Å²) in [6, 6.07) is 4.32. The molecule has 2 heterocycles. The van der Waals surface area contributed by atoms with E-state index in [4.69, 9.17) is 5.41 Å². The maximum absolute atomic E-state index is 12.5. The van der Waals surface area contributed by atoms with E-state index in [0.29, 0.717) is 11.4 Å². The predicted molar refractivity (Wildman–Crippen MR) is 126 cm³/mol. The van der Waals surface area contributed by atoms with E-state index in [1.165, 1.54) is 18.3 Å². The third kappa shape index (κ3) is 6.18. The summed E-state index contributed by atoms with van der Waals surface area (Å²) < 4.78 is 0. The summed E-state index contributed by atoms with van der Waals surface area (Å²) in [5.41, 5.74) is 1.44. The number of nitrogens with one attached hydrogen (secondary N) is 4. The molecule has 1 aromatic carbocycles. The van der Waals surface area contributed by atoms with Crippen LogP contribution in [0.4, 0.5) is 5.69 Å². The number of fused-ring (bicyclic) bond motifs is 1. The number of hydrogen-bond acceptors (Lipinski definition) is 8. The lowest BCUT2D eigenvalue weighted by Gasteiger charge is -2.21. The number of aliphatic imine (C=N–C) groups is 3. The van der Waals surface area contributed by atoms with Gasteiger partial charge in [-0.3, -0.25) is 30.1 Å². The van der Waals surface area contributed by atoms with Gasteiger partial charge < -0.3 is 15.7 Å². The van der Waals surface area contributed by atoms with Crippen LogP contribution in [-0.2, 0) is 14.4 Å². The van der Waals surface area contributed by atoms with E-state index >= 15 is 0 Å². The summed E-state index contributed by atoms with van der Waals surface area (Å²) >= 11 is 0. The summed E-state index contributed by atoms with van der Waals surface area (Å²) in [6.07, 6.45) is 1.56. The Morgan fingerprint density at radius 2 is 1.91 bits per heavy atom. The molecule has 12 nitrogen and oxygen atoms in total. The van der Waals surface area contributed by atoms with Crippen molar-refractivity contribution < 1.29 is 24.3 Å².